The summed E-state index contributed by atoms with van der Waals surface area (Å²) < 4.78 is 5.30. The standard InChI is InChI=1S/C16H17N3OS/c1-12-7-9-18-16(19-12)21-11-13-5-6-15(20-2)14(10-13)4-3-8-17/h5-7,9-10H,8,11,17H2,1-2H3. The van der Waals surface area contributed by atoms with E-state index in [9.17, 15) is 0 Å². The summed E-state index contributed by atoms with van der Waals surface area (Å²) in [6.45, 7) is 2.29. The highest BCUT2D eigenvalue weighted by Gasteiger charge is 2.04. The summed E-state index contributed by atoms with van der Waals surface area (Å²) in [7, 11) is 1.64. The topological polar surface area (TPSA) is 61.0 Å². The summed E-state index contributed by atoms with van der Waals surface area (Å²) in [5.41, 5.74) is 8.39. The van der Waals surface area contributed by atoms with Crippen molar-refractivity contribution in [1.29, 1.82) is 0 Å². The van der Waals surface area contributed by atoms with Gasteiger partial charge in [-0.25, -0.2) is 9.97 Å². The van der Waals surface area contributed by atoms with Gasteiger partial charge < -0.3 is 10.5 Å². The molecule has 0 amide bonds. The van der Waals surface area contributed by atoms with E-state index in [0.717, 1.165) is 33.5 Å². The van der Waals surface area contributed by atoms with Gasteiger partial charge in [0, 0.05) is 17.6 Å². The number of hydrogen-bond donors (Lipinski definition) is 1. The van der Waals surface area contributed by atoms with Crippen LogP contribution >= 0.6 is 11.8 Å². The van der Waals surface area contributed by atoms with Crippen LogP contribution in [0.15, 0.2) is 35.6 Å². The minimum Gasteiger partial charge on any atom is -0.495 e. The lowest BCUT2D eigenvalue weighted by molar-refractivity contribution is 0.413. The molecule has 0 saturated heterocycles. The number of rotatable bonds is 4. The van der Waals surface area contributed by atoms with Crippen molar-refractivity contribution < 1.29 is 4.74 Å². The molecule has 0 bridgehead atoms. The Kier molecular flexibility index (Phi) is 5.61. The van der Waals surface area contributed by atoms with Crippen molar-refractivity contribution in [3.63, 3.8) is 0 Å². The molecule has 0 aliphatic heterocycles. The van der Waals surface area contributed by atoms with Crippen molar-refractivity contribution in [2.75, 3.05) is 13.7 Å². The zero-order valence-corrected chi connectivity index (χ0v) is 12.9. The van der Waals surface area contributed by atoms with Crippen LogP contribution in [-0.2, 0) is 5.75 Å². The van der Waals surface area contributed by atoms with Gasteiger partial charge in [0.05, 0.1) is 19.2 Å². The van der Waals surface area contributed by atoms with Gasteiger partial charge in [0.1, 0.15) is 5.75 Å². The first-order valence-corrected chi connectivity index (χ1v) is 7.50. The first-order valence-electron chi connectivity index (χ1n) is 6.51. The number of thioether (sulfide) groups is 1. The molecule has 0 saturated carbocycles. The van der Waals surface area contributed by atoms with E-state index in [1.54, 1.807) is 25.1 Å². The first-order chi connectivity index (χ1) is 10.2. The van der Waals surface area contributed by atoms with Crippen LogP contribution in [0.2, 0.25) is 0 Å². The number of benzene rings is 1. The van der Waals surface area contributed by atoms with Crippen molar-refractivity contribution in [2.24, 2.45) is 5.73 Å². The highest BCUT2D eigenvalue weighted by atomic mass is 32.2. The van der Waals surface area contributed by atoms with E-state index in [-0.39, 0.29) is 0 Å². The van der Waals surface area contributed by atoms with Gasteiger partial charge in [-0.15, -0.1) is 0 Å². The lowest BCUT2D eigenvalue weighted by Crippen LogP contribution is -1.95. The Morgan fingerprint density at radius 3 is 2.90 bits per heavy atom. The molecule has 2 N–H and O–H groups in total. The second-order valence-electron chi connectivity index (χ2n) is 4.31. The second kappa shape index (κ2) is 7.67. The fourth-order valence-corrected chi connectivity index (χ4v) is 2.55. The van der Waals surface area contributed by atoms with Crippen LogP contribution in [-0.4, -0.2) is 23.6 Å². The number of nitrogens with zero attached hydrogens (tertiary/aromatic N) is 2. The summed E-state index contributed by atoms with van der Waals surface area (Å²) in [5, 5.41) is 0.778. The van der Waals surface area contributed by atoms with E-state index < -0.39 is 0 Å². The SMILES string of the molecule is COc1ccc(CSc2nccc(C)n2)cc1C#CCN. The Balaban J connectivity index is 2.13. The average molecular weight is 299 g/mol. The molecule has 2 aromatic rings. The highest BCUT2D eigenvalue weighted by molar-refractivity contribution is 7.98. The van der Waals surface area contributed by atoms with E-state index in [1.165, 1.54) is 0 Å². The van der Waals surface area contributed by atoms with Crippen LogP contribution < -0.4 is 10.5 Å². The maximum Gasteiger partial charge on any atom is 0.188 e. The van der Waals surface area contributed by atoms with Crippen LogP contribution in [0.1, 0.15) is 16.8 Å². The third kappa shape index (κ3) is 4.48. The number of hydrogen-bond acceptors (Lipinski definition) is 5. The smallest absolute Gasteiger partial charge is 0.188 e. The zero-order valence-electron chi connectivity index (χ0n) is 12.1. The minimum absolute atomic E-state index is 0.333. The quantitative estimate of drug-likeness (QED) is 0.533. The Hall–Kier alpha value is -2.03. The predicted molar refractivity (Wildman–Crippen MR) is 85.3 cm³/mol. The molecule has 4 nitrogen and oxygen atoms in total. The van der Waals surface area contributed by atoms with Gasteiger partial charge >= 0.3 is 0 Å². The zero-order chi connectivity index (χ0) is 15.1. The fraction of sp³-hybridized carbons (Fsp3) is 0.250. The van der Waals surface area contributed by atoms with E-state index in [2.05, 4.69) is 21.8 Å². The number of methoxy groups -OCH3 is 1. The van der Waals surface area contributed by atoms with Gasteiger partial charge in [-0.1, -0.05) is 29.7 Å². The minimum atomic E-state index is 0.333. The molecule has 0 fully saturated rings. The molecule has 0 radical (unpaired) electrons. The van der Waals surface area contributed by atoms with E-state index in [1.807, 2.05) is 31.2 Å². The van der Waals surface area contributed by atoms with Gasteiger partial charge in [-0.3, -0.25) is 0 Å². The summed E-state index contributed by atoms with van der Waals surface area (Å²) in [6, 6.07) is 7.85. The molecule has 0 aliphatic rings. The predicted octanol–water partition coefficient (Wildman–Crippen LogP) is 2.40. The maximum atomic E-state index is 5.42. The Morgan fingerprint density at radius 2 is 2.19 bits per heavy atom. The maximum absolute atomic E-state index is 5.42. The molecule has 1 aromatic heterocycles. The molecule has 108 valence electrons. The fourth-order valence-electron chi connectivity index (χ4n) is 1.73. The van der Waals surface area contributed by atoms with Crippen molar-refractivity contribution >= 4 is 11.8 Å². The van der Waals surface area contributed by atoms with Crippen molar-refractivity contribution in [1.82, 2.24) is 9.97 Å². The Labute approximate surface area is 129 Å². The molecular formula is C16H17N3OS. The van der Waals surface area contributed by atoms with E-state index in [0.29, 0.717) is 6.54 Å². The van der Waals surface area contributed by atoms with E-state index >= 15 is 0 Å². The third-order valence-electron chi connectivity index (χ3n) is 2.73. The van der Waals surface area contributed by atoms with Gasteiger partial charge in [0.2, 0.25) is 0 Å². The van der Waals surface area contributed by atoms with Gasteiger partial charge in [0.15, 0.2) is 5.16 Å². The normalized spacial score (nSPS) is 9.86. The van der Waals surface area contributed by atoms with Gasteiger partial charge in [-0.05, 0) is 30.7 Å². The molecule has 0 aliphatic carbocycles. The first kappa shape index (κ1) is 15.4. The number of aryl methyl sites for hydroxylation is 1. The average Bonchev–Trinajstić information content (AvgIpc) is 2.51. The lowest BCUT2D eigenvalue weighted by atomic mass is 10.1. The summed E-state index contributed by atoms with van der Waals surface area (Å²) in [6.07, 6.45) is 1.77. The number of nitrogens with two attached hydrogens (primary N) is 1. The van der Waals surface area contributed by atoms with Crippen LogP contribution in [0.25, 0.3) is 0 Å². The van der Waals surface area contributed by atoms with Crippen LogP contribution in [0, 0.1) is 18.8 Å². The molecule has 0 atom stereocenters. The molecular weight excluding hydrogens is 282 g/mol. The molecule has 0 unspecified atom stereocenters. The van der Waals surface area contributed by atoms with Crippen LogP contribution in [0.3, 0.4) is 0 Å². The van der Waals surface area contributed by atoms with E-state index in [4.69, 9.17) is 10.5 Å². The monoisotopic (exact) mass is 299 g/mol. The number of aromatic nitrogens is 2. The third-order valence-corrected chi connectivity index (χ3v) is 3.66. The van der Waals surface area contributed by atoms with Gasteiger partial charge in [-0.2, -0.15) is 0 Å². The van der Waals surface area contributed by atoms with Crippen molar-refractivity contribution in [3.05, 3.63) is 47.3 Å². The lowest BCUT2D eigenvalue weighted by Gasteiger charge is -2.06. The molecule has 1 heterocycles. The second-order valence-corrected chi connectivity index (χ2v) is 5.25. The Morgan fingerprint density at radius 1 is 1.33 bits per heavy atom. The van der Waals surface area contributed by atoms with Gasteiger partial charge in [0.25, 0.3) is 0 Å². The molecule has 0 spiro atoms. The van der Waals surface area contributed by atoms with Crippen LogP contribution in [0.4, 0.5) is 0 Å². The summed E-state index contributed by atoms with van der Waals surface area (Å²) in [5.74, 6) is 7.43. The molecule has 1 aromatic carbocycles. The highest BCUT2D eigenvalue weighted by Crippen LogP contribution is 2.24. The van der Waals surface area contributed by atoms with Crippen molar-refractivity contribution in [2.45, 2.75) is 17.8 Å². The summed E-state index contributed by atoms with van der Waals surface area (Å²) >= 11 is 1.60. The molecule has 2 rings (SSSR count). The number of ether oxygens (including phenoxy) is 1. The Bertz CT molecular complexity index is 677. The summed E-state index contributed by atoms with van der Waals surface area (Å²) in [4.78, 5) is 8.62. The van der Waals surface area contributed by atoms with Crippen LogP contribution in [0.5, 0.6) is 5.75 Å². The van der Waals surface area contributed by atoms with Crippen molar-refractivity contribution in [3.8, 4) is 17.6 Å². The molecule has 5 heteroatoms. The largest absolute Gasteiger partial charge is 0.495 e. The molecule has 21 heavy (non-hydrogen) atoms.